The van der Waals surface area contributed by atoms with Crippen molar-refractivity contribution in [3.8, 4) is 0 Å². The van der Waals surface area contributed by atoms with Crippen molar-refractivity contribution < 1.29 is 24.2 Å². The van der Waals surface area contributed by atoms with Gasteiger partial charge in [-0.2, -0.15) is 0 Å². The van der Waals surface area contributed by atoms with Crippen LogP contribution >= 0.6 is 11.6 Å². The smallest absolute Gasteiger partial charge is 0.314 e. The van der Waals surface area contributed by atoms with Crippen LogP contribution in [0.4, 0.5) is 4.39 Å². The van der Waals surface area contributed by atoms with Crippen molar-refractivity contribution in [3.63, 3.8) is 0 Å². The first-order valence-electron chi connectivity index (χ1n) is 8.33. The normalized spacial score (nSPS) is 23.8. The van der Waals surface area contributed by atoms with E-state index in [-0.39, 0.29) is 42.4 Å². The van der Waals surface area contributed by atoms with Gasteiger partial charge in [0.15, 0.2) is 0 Å². The molecule has 5 nitrogen and oxygen atoms in total. The Morgan fingerprint density at radius 2 is 2.12 bits per heavy atom. The zero-order valence-electron chi connectivity index (χ0n) is 14.3. The summed E-state index contributed by atoms with van der Waals surface area (Å²) in [5, 5.41) is 20.0. The third-order valence-corrected chi connectivity index (χ3v) is 5.12. The molecular formula is C18H23ClFNO4. The number of halogens is 2. The van der Waals surface area contributed by atoms with Crippen molar-refractivity contribution in [2.24, 2.45) is 11.3 Å². The highest BCUT2D eigenvalue weighted by Gasteiger charge is 2.49. The maximum Gasteiger partial charge on any atom is 0.314 e. The van der Waals surface area contributed by atoms with Crippen molar-refractivity contribution in [3.05, 3.63) is 34.6 Å². The zero-order valence-corrected chi connectivity index (χ0v) is 15.1. The SMILES string of the molecule is CC(C)CC[C@@]1(C(=O)O)CN(C(=O)c2ccc(F)c(Cl)c2)CC[C@H]1O. The topological polar surface area (TPSA) is 77.8 Å². The van der Waals surface area contributed by atoms with E-state index in [1.165, 1.54) is 17.0 Å². The first-order valence-corrected chi connectivity index (χ1v) is 8.71. The molecule has 0 bridgehead atoms. The fourth-order valence-corrected chi connectivity index (χ4v) is 3.35. The summed E-state index contributed by atoms with van der Waals surface area (Å²) in [5.41, 5.74) is -1.19. The minimum Gasteiger partial charge on any atom is -0.481 e. The Labute approximate surface area is 151 Å². The van der Waals surface area contributed by atoms with Gasteiger partial charge in [0.2, 0.25) is 0 Å². The number of carboxylic acid groups (broad SMARTS) is 1. The fraction of sp³-hybridized carbons (Fsp3) is 0.556. The van der Waals surface area contributed by atoms with E-state index >= 15 is 0 Å². The third-order valence-electron chi connectivity index (χ3n) is 4.83. The first kappa shape index (κ1) is 19.7. The molecule has 1 amide bonds. The number of carboxylic acids is 1. The molecule has 1 fully saturated rings. The Morgan fingerprint density at radius 3 is 2.68 bits per heavy atom. The number of carbonyl (C=O) groups excluding carboxylic acids is 1. The molecule has 0 unspecified atom stereocenters. The molecule has 0 aliphatic carbocycles. The maximum atomic E-state index is 13.3. The molecule has 1 aliphatic heterocycles. The molecule has 138 valence electrons. The number of benzene rings is 1. The zero-order chi connectivity index (χ0) is 18.8. The van der Waals surface area contributed by atoms with Gasteiger partial charge in [-0.05, 0) is 43.4 Å². The predicted molar refractivity (Wildman–Crippen MR) is 92.1 cm³/mol. The van der Waals surface area contributed by atoms with Crippen LogP contribution in [0.15, 0.2) is 18.2 Å². The van der Waals surface area contributed by atoms with E-state index in [1.54, 1.807) is 0 Å². The highest BCUT2D eigenvalue weighted by molar-refractivity contribution is 6.31. The van der Waals surface area contributed by atoms with Crippen molar-refractivity contribution >= 4 is 23.5 Å². The summed E-state index contributed by atoms with van der Waals surface area (Å²) in [5.74, 6) is -1.85. The van der Waals surface area contributed by atoms with Crippen LogP contribution in [0.3, 0.4) is 0 Å². The van der Waals surface area contributed by atoms with Crippen LogP contribution < -0.4 is 0 Å². The lowest BCUT2D eigenvalue weighted by Gasteiger charge is -2.43. The molecule has 7 heteroatoms. The standard InChI is InChI=1S/C18H23ClFNO4/c1-11(2)5-7-18(17(24)25)10-21(8-6-15(18)22)16(23)12-3-4-14(20)13(19)9-12/h3-4,9,11,15,22H,5-8,10H2,1-2H3,(H,24,25)/t15-,18-/m1/s1. The van der Waals surface area contributed by atoms with Crippen LogP contribution in [-0.4, -0.2) is 46.2 Å². The predicted octanol–water partition coefficient (Wildman–Crippen LogP) is 3.19. The Balaban J connectivity index is 2.26. The van der Waals surface area contributed by atoms with E-state index < -0.39 is 29.2 Å². The van der Waals surface area contributed by atoms with Gasteiger partial charge in [-0.15, -0.1) is 0 Å². The highest BCUT2D eigenvalue weighted by atomic mass is 35.5. The molecule has 2 rings (SSSR count). The molecule has 2 atom stereocenters. The van der Waals surface area contributed by atoms with Crippen LogP contribution in [0.2, 0.25) is 5.02 Å². The van der Waals surface area contributed by atoms with Crippen molar-refractivity contribution in [1.82, 2.24) is 4.90 Å². The molecule has 1 aliphatic rings. The molecule has 1 saturated heterocycles. The third kappa shape index (κ3) is 4.12. The average Bonchev–Trinajstić information content (AvgIpc) is 2.55. The van der Waals surface area contributed by atoms with E-state index in [9.17, 15) is 24.2 Å². The minimum absolute atomic E-state index is 0.0793. The molecule has 0 radical (unpaired) electrons. The fourth-order valence-electron chi connectivity index (χ4n) is 3.17. The molecule has 2 N–H and O–H groups in total. The van der Waals surface area contributed by atoms with Crippen LogP contribution in [0, 0.1) is 17.2 Å². The summed E-state index contributed by atoms with van der Waals surface area (Å²) in [6.45, 7) is 4.12. The lowest BCUT2D eigenvalue weighted by atomic mass is 9.72. The van der Waals surface area contributed by atoms with Gasteiger partial charge < -0.3 is 15.1 Å². The largest absolute Gasteiger partial charge is 0.481 e. The second-order valence-electron chi connectivity index (χ2n) is 7.05. The van der Waals surface area contributed by atoms with Gasteiger partial charge in [-0.25, -0.2) is 4.39 Å². The quantitative estimate of drug-likeness (QED) is 0.833. The number of hydrogen-bond acceptors (Lipinski definition) is 3. The Hall–Kier alpha value is -1.66. The van der Waals surface area contributed by atoms with E-state index in [1.807, 2.05) is 13.8 Å². The van der Waals surface area contributed by atoms with Gasteiger partial charge >= 0.3 is 5.97 Å². The Bertz CT molecular complexity index is 666. The molecule has 1 heterocycles. The van der Waals surface area contributed by atoms with Crippen molar-refractivity contribution in [2.45, 2.75) is 39.2 Å². The maximum absolute atomic E-state index is 13.3. The summed E-state index contributed by atoms with van der Waals surface area (Å²) in [6.07, 6.45) is 0.0955. The molecule has 25 heavy (non-hydrogen) atoms. The summed E-state index contributed by atoms with van der Waals surface area (Å²) >= 11 is 5.73. The van der Waals surface area contributed by atoms with Gasteiger partial charge in [0, 0.05) is 18.7 Å². The number of likely N-dealkylation sites (tertiary alicyclic amines) is 1. The summed E-state index contributed by atoms with van der Waals surface area (Å²) in [4.78, 5) is 26.0. The molecule has 1 aromatic rings. The van der Waals surface area contributed by atoms with Crippen LogP contribution in [-0.2, 0) is 4.79 Å². The van der Waals surface area contributed by atoms with Gasteiger partial charge in [-0.1, -0.05) is 25.4 Å². The van der Waals surface area contributed by atoms with Gasteiger partial charge in [0.25, 0.3) is 5.91 Å². The van der Waals surface area contributed by atoms with Crippen LogP contribution in [0.1, 0.15) is 43.5 Å². The van der Waals surface area contributed by atoms with Gasteiger partial charge in [0.05, 0.1) is 11.1 Å². The Kier molecular flexibility index (Phi) is 6.06. The molecular weight excluding hydrogens is 349 g/mol. The number of piperidine rings is 1. The van der Waals surface area contributed by atoms with E-state index in [0.29, 0.717) is 6.42 Å². The second-order valence-corrected chi connectivity index (χ2v) is 7.46. The number of aliphatic hydroxyl groups excluding tert-OH is 1. The van der Waals surface area contributed by atoms with E-state index in [2.05, 4.69) is 0 Å². The number of aliphatic hydroxyl groups is 1. The number of hydrogen-bond donors (Lipinski definition) is 2. The molecule has 0 aromatic heterocycles. The number of amides is 1. The number of nitrogens with zero attached hydrogens (tertiary/aromatic N) is 1. The summed E-state index contributed by atoms with van der Waals surface area (Å²) < 4.78 is 13.3. The average molecular weight is 372 g/mol. The lowest BCUT2D eigenvalue weighted by molar-refractivity contribution is -0.163. The minimum atomic E-state index is -1.39. The Morgan fingerprint density at radius 1 is 1.44 bits per heavy atom. The monoisotopic (exact) mass is 371 g/mol. The van der Waals surface area contributed by atoms with Crippen molar-refractivity contribution in [2.75, 3.05) is 13.1 Å². The number of rotatable bonds is 5. The van der Waals surface area contributed by atoms with Gasteiger partial charge in [-0.3, -0.25) is 9.59 Å². The lowest BCUT2D eigenvalue weighted by Crippen LogP contribution is -2.57. The van der Waals surface area contributed by atoms with E-state index in [4.69, 9.17) is 11.6 Å². The number of aliphatic carboxylic acids is 1. The molecule has 0 spiro atoms. The van der Waals surface area contributed by atoms with Crippen molar-refractivity contribution in [1.29, 1.82) is 0 Å². The molecule has 0 saturated carbocycles. The van der Waals surface area contributed by atoms with Gasteiger partial charge in [0.1, 0.15) is 11.2 Å². The first-order chi connectivity index (χ1) is 11.7. The second kappa shape index (κ2) is 7.70. The summed E-state index contributed by atoms with van der Waals surface area (Å²) in [7, 11) is 0. The van der Waals surface area contributed by atoms with Crippen LogP contribution in [0.25, 0.3) is 0 Å². The van der Waals surface area contributed by atoms with Crippen LogP contribution in [0.5, 0.6) is 0 Å². The highest BCUT2D eigenvalue weighted by Crippen LogP contribution is 2.37. The van der Waals surface area contributed by atoms with E-state index in [0.717, 1.165) is 6.07 Å². The summed E-state index contributed by atoms with van der Waals surface area (Å²) in [6, 6.07) is 3.67. The number of carbonyl (C=O) groups is 2. The molecule has 1 aromatic carbocycles.